The molecule has 8 heteroatoms. The van der Waals surface area contributed by atoms with Crippen LogP contribution in [0.15, 0.2) is 0 Å². The highest BCUT2D eigenvalue weighted by molar-refractivity contribution is 5.74. The zero-order valence-corrected chi connectivity index (χ0v) is 19.9. The van der Waals surface area contributed by atoms with Crippen LogP contribution in [0.3, 0.4) is 0 Å². The Labute approximate surface area is 188 Å². The summed E-state index contributed by atoms with van der Waals surface area (Å²) in [6.07, 6.45) is 5.51. The van der Waals surface area contributed by atoms with E-state index in [4.69, 9.17) is 28.4 Å². The molecule has 0 aliphatic carbocycles. The first-order valence-electron chi connectivity index (χ1n) is 11.8. The lowest BCUT2D eigenvalue weighted by Gasteiger charge is -2.14. The van der Waals surface area contributed by atoms with Crippen molar-refractivity contribution in [3.05, 3.63) is 0 Å². The van der Waals surface area contributed by atoms with Gasteiger partial charge in [-0.25, -0.2) is 0 Å². The summed E-state index contributed by atoms with van der Waals surface area (Å²) < 4.78 is 31.9. The molecule has 184 valence electrons. The molecule has 0 saturated heterocycles. The van der Waals surface area contributed by atoms with Gasteiger partial charge in [0.25, 0.3) is 0 Å². The monoisotopic (exact) mass is 448 g/mol. The molecule has 1 atom stereocenters. The van der Waals surface area contributed by atoms with Crippen molar-refractivity contribution in [1.82, 2.24) is 0 Å². The van der Waals surface area contributed by atoms with Crippen LogP contribution in [0.5, 0.6) is 0 Å². The molecule has 0 aromatic carbocycles. The van der Waals surface area contributed by atoms with Crippen molar-refractivity contribution in [3.8, 4) is 0 Å². The normalized spacial score (nSPS) is 12.0. The minimum atomic E-state index is -0.333. The quantitative estimate of drug-likeness (QED) is 0.173. The average Bonchev–Trinajstić information content (AvgIpc) is 2.77. The molecule has 1 unspecified atom stereocenters. The van der Waals surface area contributed by atoms with Crippen molar-refractivity contribution >= 4 is 11.9 Å². The molecule has 0 amide bonds. The summed E-state index contributed by atoms with van der Waals surface area (Å²) in [5.74, 6) is -0.952. The van der Waals surface area contributed by atoms with E-state index in [1.807, 2.05) is 6.92 Å². The molecule has 0 heterocycles. The number of carbonyl (C=O) groups is 2. The molecule has 0 bridgehead atoms. The molecule has 0 saturated carbocycles. The third-order valence-electron chi connectivity index (χ3n) is 4.51. The van der Waals surface area contributed by atoms with Crippen molar-refractivity contribution < 1.29 is 38.0 Å². The van der Waals surface area contributed by atoms with Gasteiger partial charge in [-0.2, -0.15) is 0 Å². The van der Waals surface area contributed by atoms with Crippen molar-refractivity contribution in [2.75, 3.05) is 66.1 Å². The molecule has 0 aromatic rings. The van der Waals surface area contributed by atoms with Gasteiger partial charge in [-0.05, 0) is 25.7 Å². The highest BCUT2D eigenvalue weighted by atomic mass is 16.6. The molecular weight excluding hydrogens is 404 g/mol. The fraction of sp³-hybridized carbons (Fsp3) is 0.913. The summed E-state index contributed by atoms with van der Waals surface area (Å²) in [7, 11) is 0. The Morgan fingerprint density at radius 3 is 1.55 bits per heavy atom. The molecule has 0 aromatic heterocycles. The predicted octanol–water partition coefficient (Wildman–Crippen LogP) is 3.55. The van der Waals surface area contributed by atoms with Gasteiger partial charge in [0, 0.05) is 19.6 Å². The van der Waals surface area contributed by atoms with Gasteiger partial charge in [0.1, 0.15) is 13.2 Å². The van der Waals surface area contributed by atoms with Crippen molar-refractivity contribution in [2.24, 2.45) is 5.92 Å². The topological polar surface area (TPSA) is 89.5 Å². The van der Waals surface area contributed by atoms with Crippen LogP contribution < -0.4 is 0 Å². The molecule has 0 aliphatic heterocycles. The predicted molar refractivity (Wildman–Crippen MR) is 118 cm³/mol. The van der Waals surface area contributed by atoms with Gasteiger partial charge in [-0.3, -0.25) is 9.59 Å². The molecule has 8 nitrogen and oxygen atoms in total. The highest BCUT2D eigenvalue weighted by Crippen LogP contribution is 2.13. The maximum absolute atomic E-state index is 12.1. The lowest BCUT2D eigenvalue weighted by molar-refractivity contribution is -0.151. The second-order valence-electron chi connectivity index (χ2n) is 7.19. The molecule has 0 aliphatic rings. The molecule has 0 N–H and O–H groups in total. The number of unbranched alkanes of at least 4 members (excludes halogenated alkanes) is 2. The van der Waals surface area contributed by atoms with Crippen LogP contribution in [0.1, 0.15) is 65.7 Å². The van der Waals surface area contributed by atoms with Gasteiger partial charge in [0.05, 0.1) is 45.6 Å². The van der Waals surface area contributed by atoms with E-state index in [0.29, 0.717) is 52.5 Å². The SMILES string of the molecule is CCCCOCCOCCOC(=O)CCC(CC)C(=O)OCCOCCOCCCC. The first-order valence-corrected chi connectivity index (χ1v) is 11.8. The maximum atomic E-state index is 12.1. The molecule has 31 heavy (non-hydrogen) atoms. The van der Waals surface area contributed by atoms with Crippen molar-refractivity contribution in [1.29, 1.82) is 0 Å². The second-order valence-corrected chi connectivity index (χ2v) is 7.19. The van der Waals surface area contributed by atoms with Crippen LogP contribution in [-0.2, 0) is 38.0 Å². The minimum Gasteiger partial charge on any atom is -0.463 e. The van der Waals surface area contributed by atoms with E-state index < -0.39 is 0 Å². The van der Waals surface area contributed by atoms with Gasteiger partial charge >= 0.3 is 11.9 Å². The minimum absolute atomic E-state index is 0.180. The second kappa shape index (κ2) is 23.4. The van der Waals surface area contributed by atoms with Gasteiger partial charge in [-0.15, -0.1) is 0 Å². The van der Waals surface area contributed by atoms with Gasteiger partial charge in [0.2, 0.25) is 0 Å². The molecule has 0 spiro atoms. The van der Waals surface area contributed by atoms with Crippen LogP contribution in [-0.4, -0.2) is 78.0 Å². The van der Waals surface area contributed by atoms with Crippen molar-refractivity contribution in [3.63, 3.8) is 0 Å². The van der Waals surface area contributed by atoms with Gasteiger partial charge in [-0.1, -0.05) is 33.6 Å². The fourth-order valence-corrected chi connectivity index (χ4v) is 2.52. The van der Waals surface area contributed by atoms with Crippen LogP contribution in [0, 0.1) is 5.92 Å². The smallest absolute Gasteiger partial charge is 0.309 e. The number of esters is 2. The van der Waals surface area contributed by atoms with E-state index >= 15 is 0 Å². The van der Waals surface area contributed by atoms with Gasteiger partial charge in [0.15, 0.2) is 0 Å². The highest BCUT2D eigenvalue weighted by Gasteiger charge is 2.19. The van der Waals surface area contributed by atoms with E-state index in [0.717, 1.165) is 38.9 Å². The third-order valence-corrected chi connectivity index (χ3v) is 4.51. The Bertz CT molecular complexity index is 416. The maximum Gasteiger partial charge on any atom is 0.309 e. The first-order chi connectivity index (χ1) is 15.2. The third kappa shape index (κ3) is 20.4. The number of carbonyl (C=O) groups excluding carboxylic acids is 2. The van der Waals surface area contributed by atoms with Crippen LogP contribution in [0.25, 0.3) is 0 Å². The largest absolute Gasteiger partial charge is 0.463 e. The standard InChI is InChI=1S/C23H44O8/c1-4-7-11-26-13-15-28-17-19-30-22(24)10-9-21(6-3)23(25)31-20-18-29-16-14-27-12-8-5-2/h21H,4-20H2,1-3H3. The summed E-state index contributed by atoms with van der Waals surface area (Å²) in [5, 5.41) is 0. The van der Waals surface area contributed by atoms with E-state index in [-0.39, 0.29) is 37.5 Å². The Balaban J connectivity index is 3.63. The molecule has 0 rings (SSSR count). The summed E-state index contributed by atoms with van der Waals surface area (Å²) in [6.45, 7) is 10.8. The van der Waals surface area contributed by atoms with E-state index in [2.05, 4.69) is 13.8 Å². The summed E-state index contributed by atoms with van der Waals surface area (Å²) in [6, 6.07) is 0. The van der Waals surface area contributed by atoms with Crippen LogP contribution in [0.2, 0.25) is 0 Å². The summed E-state index contributed by atoms with van der Waals surface area (Å²) in [5.41, 5.74) is 0. The molecular formula is C23H44O8. The zero-order valence-electron chi connectivity index (χ0n) is 19.9. The summed E-state index contributed by atoms with van der Waals surface area (Å²) in [4.78, 5) is 24.0. The lowest BCUT2D eigenvalue weighted by atomic mass is 10.0. The number of hydrogen-bond acceptors (Lipinski definition) is 8. The Morgan fingerprint density at radius 1 is 0.613 bits per heavy atom. The van der Waals surface area contributed by atoms with E-state index in [1.165, 1.54) is 0 Å². The average molecular weight is 449 g/mol. The van der Waals surface area contributed by atoms with Crippen LogP contribution in [0.4, 0.5) is 0 Å². The Morgan fingerprint density at radius 2 is 1.06 bits per heavy atom. The first kappa shape index (κ1) is 29.8. The zero-order chi connectivity index (χ0) is 23.0. The summed E-state index contributed by atoms with van der Waals surface area (Å²) >= 11 is 0. The van der Waals surface area contributed by atoms with Gasteiger partial charge < -0.3 is 28.4 Å². The number of ether oxygens (including phenoxy) is 6. The number of rotatable bonds is 23. The Kier molecular flexibility index (Phi) is 22.5. The lowest BCUT2D eigenvalue weighted by Crippen LogP contribution is -2.21. The fourth-order valence-electron chi connectivity index (χ4n) is 2.52. The van der Waals surface area contributed by atoms with E-state index in [1.54, 1.807) is 0 Å². The molecule has 0 radical (unpaired) electrons. The van der Waals surface area contributed by atoms with E-state index in [9.17, 15) is 9.59 Å². The number of hydrogen-bond donors (Lipinski definition) is 0. The van der Waals surface area contributed by atoms with Crippen LogP contribution >= 0.6 is 0 Å². The molecule has 0 fully saturated rings. The van der Waals surface area contributed by atoms with Crippen molar-refractivity contribution in [2.45, 2.75) is 65.7 Å². The Hall–Kier alpha value is -1.22.